The molecular weight excluding hydrogens is 338 g/mol. The standard InChI is InChI=1S/C22H23N3O2/c26-22(21-6-3-11-25(21)17-7-8-17)24-20-14-27-13-16(20)12-15-9-10-23-19-5-2-1-4-18(15)19/h1-6,9-11,16-17,20H,7-8,12-14H2,(H,24,26)/t16-,20-/m1/s1. The van der Waals surface area contributed by atoms with Crippen LogP contribution in [0.1, 0.15) is 34.9 Å². The Morgan fingerprint density at radius 2 is 2.04 bits per heavy atom. The molecule has 0 bridgehead atoms. The van der Waals surface area contributed by atoms with Gasteiger partial charge >= 0.3 is 0 Å². The maximum absolute atomic E-state index is 12.8. The number of pyridine rings is 1. The summed E-state index contributed by atoms with van der Waals surface area (Å²) in [5.74, 6) is 0.274. The Balaban J connectivity index is 1.33. The molecule has 5 nitrogen and oxygen atoms in total. The normalized spacial score (nSPS) is 22.2. The lowest BCUT2D eigenvalue weighted by atomic mass is 9.93. The van der Waals surface area contributed by atoms with Crippen LogP contribution in [0.15, 0.2) is 54.9 Å². The number of carbonyl (C=O) groups excluding carboxylic acids is 1. The van der Waals surface area contributed by atoms with Crippen molar-refractivity contribution in [1.29, 1.82) is 0 Å². The molecule has 0 unspecified atom stereocenters. The van der Waals surface area contributed by atoms with Gasteiger partial charge in [-0.2, -0.15) is 0 Å². The molecule has 5 heteroatoms. The van der Waals surface area contributed by atoms with Gasteiger partial charge in [0.2, 0.25) is 0 Å². The van der Waals surface area contributed by atoms with Crippen molar-refractivity contribution >= 4 is 16.8 Å². The number of nitrogens with one attached hydrogen (secondary N) is 1. The quantitative estimate of drug-likeness (QED) is 0.758. The van der Waals surface area contributed by atoms with Crippen LogP contribution in [0, 0.1) is 5.92 Å². The van der Waals surface area contributed by atoms with Gasteiger partial charge < -0.3 is 14.6 Å². The van der Waals surface area contributed by atoms with Gasteiger partial charge in [-0.3, -0.25) is 9.78 Å². The first-order valence-electron chi connectivity index (χ1n) is 9.67. The van der Waals surface area contributed by atoms with Gasteiger partial charge in [-0.05, 0) is 49.1 Å². The molecule has 2 aromatic heterocycles. The summed E-state index contributed by atoms with van der Waals surface area (Å²) in [5.41, 5.74) is 3.03. The first-order valence-corrected chi connectivity index (χ1v) is 9.67. The van der Waals surface area contributed by atoms with E-state index in [1.807, 2.05) is 42.7 Å². The molecule has 1 saturated heterocycles. The lowest BCUT2D eigenvalue weighted by molar-refractivity contribution is 0.0915. The number of amides is 1. The summed E-state index contributed by atoms with van der Waals surface area (Å²) in [7, 11) is 0. The molecule has 1 N–H and O–H groups in total. The third kappa shape index (κ3) is 3.23. The molecule has 0 radical (unpaired) electrons. The van der Waals surface area contributed by atoms with E-state index in [0.29, 0.717) is 19.3 Å². The lowest BCUT2D eigenvalue weighted by Gasteiger charge is -2.20. The van der Waals surface area contributed by atoms with Gasteiger partial charge in [-0.1, -0.05) is 18.2 Å². The highest BCUT2D eigenvalue weighted by Gasteiger charge is 2.32. The number of para-hydroxylation sites is 1. The number of benzene rings is 1. The van der Waals surface area contributed by atoms with Gasteiger partial charge in [0.05, 0.1) is 24.8 Å². The molecule has 0 spiro atoms. The van der Waals surface area contributed by atoms with Crippen molar-refractivity contribution in [1.82, 2.24) is 14.9 Å². The third-order valence-corrected chi connectivity index (χ3v) is 5.69. The van der Waals surface area contributed by atoms with Crippen LogP contribution < -0.4 is 5.32 Å². The molecule has 1 aliphatic carbocycles. The summed E-state index contributed by atoms with van der Waals surface area (Å²) in [6, 6.07) is 14.7. The van der Waals surface area contributed by atoms with Crippen molar-refractivity contribution in [2.45, 2.75) is 31.3 Å². The lowest BCUT2D eigenvalue weighted by Crippen LogP contribution is -2.41. The molecule has 3 aromatic rings. The molecule has 1 amide bonds. The van der Waals surface area contributed by atoms with Gasteiger partial charge in [0.1, 0.15) is 5.69 Å². The Morgan fingerprint density at radius 1 is 1.15 bits per heavy atom. The van der Waals surface area contributed by atoms with E-state index >= 15 is 0 Å². The smallest absolute Gasteiger partial charge is 0.268 e. The van der Waals surface area contributed by atoms with E-state index in [2.05, 4.69) is 27.0 Å². The van der Waals surface area contributed by atoms with Crippen LogP contribution in [0.4, 0.5) is 0 Å². The SMILES string of the molecule is O=C(N[C@@H]1COC[C@H]1Cc1ccnc2ccccc12)c1cccn1C1CC1. The monoisotopic (exact) mass is 361 g/mol. The van der Waals surface area contributed by atoms with Crippen molar-refractivity contribution in [2.24, 2.45) is 5.92 Å². The van der Waals surface area contributed by atoms with Crippen molar-refractivity contribution < 1.29 is 9.53 Å². The minimum absolute atomic E-state index is 0.00647. The first kappa shape index (κ1) is 16.5. The maximum Gasteiger partial charge on any atom is 0.268 e. The van der Waals surface area contributed by atoms with Crippen molar-refractivity contribution in [3.05, 3.63) is 66.1 Å². The Bertz CT molecular complexity index is 971. The van der Waals surface area contributed by atoms with E-state index in [-0.39, 0.29) is 17.9 Å². The molecule has 138 valence electrons. The van der Waals surface area contributed by atoms with Crippen molar-refractivity contribution in [3.8, 4) is 0 Å². The summed E-state index contributed by atoms with van der Waals surface area (Å²) in [4.78, 5) is 17.3. The van der Waals surface area contributed by atoms with Gasteiger partial charge in [0.25, 0.3) is 5.91 Å². The highest BCUT2D eigenvalue weighted by Crippen LogP contribution is 2.36. The molecule has 1 aromatic carbocycles. The molecular formula is C22H23N3O2. The van der Waals surface area contributed by atoms with Gasteiger partial charge in [-0.25, -0.2) is 0 Å². The molecule has 2 atom stereocenters. The number of ether oxygens (including phenoxy) is 1. The Morgan fingerprint density at radius 3 is 2.93 bits per heavy atom. The third-order valence-electron chi connectivity index (χ3n) is 5.69. The molecule has 27 heavy (non-hydrogen) atoms. The topological polar surface area (TPSA) is 56.1 Å². The second kappa shape index (κ2) is 6.82. The Hall–Kier alpha value is -2.66. The number of hydrogen-bond donors (Lipinski definition) is 1. The second-order valence-electron chi connectivity index (χ2n) is 7.60. The van der Waals surface area contributed by atoms with Crippen LogP contribution in [-0.4, -0.2) is 34.7 Å². The molecule has 5 rings (SSSR count). The molecule has 2 fully saturated rings. The largest absolute Gasteiger partial charge is 0.379 e. The number of fused-ring (bicyclic) bond motifs is 1. The fourth-order valence-corrected chi connectivity index (χ4v) is 4.07. The predicted molar refractivity (Wildman–Crippen MR) is 104 cm³/mol. The fourth-order valence-electron chi connectivity index (χ4n) is 4.07. The van der Waals surface area contributed by atoms with Crippen LogP contribution in [-0.2, 0) is 11.2 Å². The van der Waals surface area contributed by atoms with E-state index in [1.54, 1.807) is 0 Å². The van der Waals surface area contributed by atoms with E-state index in [1.165, 1.54) is 23.8 Å². The zero-order valence-electron chi connectivity index (χ0n) is 15.2. The summed E-state index contributed by atoms with van der Waals surface area (Å²) in [6.07, 6.45) is 7.08. The Kier molecular flexibility index (Phi) is 4.17. The van der Waals surface area contributed by atoms with Crippen LogP contribution in [0.25, 0.3) is 10.9 Å². The van der Waals surface area contributed by atoms with Crippen LogP contribution in [0.5, 0.6) is 0 Å². The number of aromatic nitrogens is 2. The minimum Gasteiger partial charge on any atom is -0.379 e. The summed E-state index contributed by atoms with van der Waals surface area (Å²) < 4.78 is 7.83. The maximum atomic E-state index is 12.8. The van der Waals surface area contributed by atoms with Gasteiger partial charge in [0, 0.05) is 29.7 Å². The zero-order valence-corrected chi connectivity index (χ0v) is 15.2. The number of carbonyl (C=O) groups is 1. The van der Waals surface area contributed by atoms with Crippen LogP contribution in [0.2, 0.25) is 0 Å². The highest BCUT2D eigenvalue weighted by atomic mass is 16.5. The fraction of sp³-hybridized carbons (Fsp3) is 0.364. The summed E-state index contributed by atoms with van der Waals surface area (Å²) in [6.45, 7) is 1.24. The number of nitrogens with zero attached hydrogens (tertiary/aromatic N) is 2. The average molecular weight is 361 g/mol. The van der Waals surface area contributed by atoms with Crippen LogP contribution >= 0.6 is 0 Å². The summed E-state index contributed by atoms with van der Waals surface area (Å²) >= 11 is 0. The molecule has 1 saturated carbocycles. The van der Waals surface area contributed by atoms with Crippen molar-refractivity contribution in [2.75, 3.05) is 13.2 Å². The van der Waals surface area contributed by atoms with E-state index in [9.17, 15) is 4.79 Å². The second-order valence-corrected chi connectivity index (χ2v) is 7.60. The molecule has 3 heterocycles. The minimum atomic E-state index is 0.00647. The molecule has 2 aliphatic rings. The zero-order chi connectivity index (χ0) is 18.2. The van der Waals surface area contributed by atoms with Crippen LogP contribution in [0.3, 0.4) is 0 Å². The summed E-state index contributed by atoms with van der Waals surface area (Å²) in [5, 5.41) is 4.40. The van der Waals surface area contributed by atoms with E-state index < -0.39 is 0 Å². The van der Waals surface area contributed by atoms with Gasteiger partial charge in [0.15, 0.2) is 0 Å². The van der Waals surface area contributed by atoms with Crippen molar-refractivity contribution in [3.63, 3.8) is 0 Å². The number of hydrogen-bond acceptors (Lipinski definition) is 3. The highest BCUT2D eigenvalue weighted by molar-refractivity contribution is 5.93. The Labute approximate surface area is 158 Å². The molecule has 1 aliphatic heterocycles. The number of rotatable bonds is 5. The van der Waals surface area contributed by atoms with E-state index in [4.69, 9.17) is 4.74 Å². The van der Waals surface area contributed by atoms with E-state index in [0.717, 1.165) is 17.6 Å². The average Bonchev–Trinajstić information content (AvgIpc) is 3.25. The predicted octanol–water partition coefficient (Wildman–Crippen LogP) is 3.36. The first-order chi connectivity index (χ1) is 13.3. The van der Waals surface area contributed by atoms with Gasteiger partial charge in [-0.15, -0.1) is 0 Å².